The van der Waals surface area contributed by atoms with Crippen LogP contribution in [0.25, 0.3) is 11.8 Å². The summed E-state index contributed by atoms with van der Waals surface area (Å²) in [5.74, 6) is 3.07. The highest BCUT2D eigenvalue weighted by Gasteiger charge is 2.36. The molecule has 3 aromatic rings. The van der Waals surface area contributed by atoms with Crippen molar-refractivity contribution in [3.05, 3.63) is 89.0 Å². The highest BCUT2D eigenvalue weighted by molar-refractivity contribution is 5.82. The van der Waals surface area contributed by atoms with E-state index in [1.807, 2.05) is 49.4 Å². The Bertz CT molecular complexity index is 1070. The van der Waals surface area contributed by atoms with Crippen molar-refractivity contribution in [2.24, 2.45) is 0 Å². The zero-order chi connectivity index (χ0) is 21.8. The molecule has 0 spiro atoms. The molecule has 1 aliphatic rings. The Morgan fingerprint density at radius 3 is 2.19 bits per heavy atom. The Morgan fingerprint density at radius 2 is 1.55 bits per heavy atom. The number of rotatable bonds is 7. The van der Waals surface area contributed by atoms with Gasteiger partial charge in [0.15, 0.2) is 11.5 Å². The second-order valence-electron chi connectivity index (χ2n) is 7.76. The first kappa shape index (κ1) is 20.9. The zero-order valence-corrected chi connectivity index (χ0v) is 18.5. The largest absolute Gasteiger partial charge is 0.494 e. The molecule has 4 nitrogen and oxygen atoms in total. The van der Waals surface area contributed by atoms with E-state index in [0.29, 0.717) is 18.1 Å². The zero-order valence-electron chi connectivity index (χ0n) is 18.5. The molecular formula is C27H28O4. The van der Waals surface area contributed by atoms with Crippen molar-refractivity contribution >= 4 is 11.8 Å². The van der Waals surface area contributed by atoms with Crippen LogP contribution in [0.15, 0.2) is 66.7 Å². The van der Waals surface area contributed by atoms with Crippen molar-refractivity contribution in [2.45, 2.75) is 25.9 Å². The van der Waals surface area contributed by atoms with E-state index in [4.69, 9.17) is 18.9 Å². The average molecular weight is 417 g/mol. The van der Waals surface area contributed by atoms with Gasteiger partial charge in [0.2, 0.25) is 0 Å². The molecule has 0 saturated carbocycles. The van der Waals surface area contributed by atoms with E-state index in [1.165, 1.54) is 5.56 Å². The van der Waals surface area contributed by atoms with E-state index >= 15 is 0 Å². The summed E-state index contributed by atoms with van der Waals surface area (Å²) in [6.07, 6.45) is 2.80. The quantitative estimate of drug-likeness (QED) is 0.467. The maximum absolute atomic E-state index is 6.69. The maximum atomic E-state index is 6.69. The molecule has 1 unspecified atom stereocenters. The smallest absolute Gasteiger partial charge is 0.161 e. The fourth-order valence-corrected chi connectivity index (χ4v) is 4.08. The lowest BCUT2D eigenvalue weighted by Crippen LogP contribution is -2.31. The first-order chi connectivity index (χ1) is 15.1. The summed E-state index contributed by atoms with van der Waals surface area (Å²) in [7, 11) is 3.31. The minimum absolute atomic E-state index is 0.571. The lowest BCUT2D eigenvalue weighted by molar-refractivity contribution is 0.0528. The van der Waals surface area contributed by atoms with Crippen LogP contribution in [-0.2, 0) is 16.8 Å². The van der Waals surface area contributed by atoms with Crippen LogP contribution in [0.3, 0.4) is 0 Å². The second kappa shape index (κ2) is 8.76. The summed E-state index contributed by atoms with van der Waals surface area (Å²) < 4.78 is 23.4. The molecule has 0 N–H and O–H groups in total. The maximum Gasteiger partial charge on any atom is 0.161 e. The second-order valence-corrected chi connectivity index (χ2v) is 7.76. The first-order valence-electron chi connectivity index (χ1n) is 10.5. The van der Waals surface area contributed by atoms with Crippen LogP contribution in [0.1, 0.15) is 36.1 Å². The third-order valence-electron chi connectivity index (χ3n) is 5.58. The van der Waals surface area contributed by atoms with Crippen LogP contribution in [0.2, 0.25) is 0 Å². The molecule has 4 rings (SSSR count). The molecule has 3 aromatic carbocycles. The van der Waals surface area contributed by atoms with Crippen molar-refractivity contribution in [1.82, 2.24) is 0 Å². The Kier molecular flexibility index (Phi) is 5.90. The molecule has 0 aliphatic carbocycles. The summed E-state index contributed by atoms with van der Waals surface area (Å²) in [6, 6.07) is 22.5. The molecule has 1 aliphatic heterocycles. The van der Waals surface area contributed by atoms with Crippen LogP contribution < -0.4 is 14.2 Å². The summed E-state index contributed by atoms with van der Waals surface area (Å²) >= 11 is 0. The van der Waals surface area contributed by atoms with Crippen LogP contribution >= 0.6 is 0 Å². The summed E-state index contributed by atoms with van der Waals surface area (Å²) in [4.78, 5) is 0. The average Bonchev–Trinajstić information content (AvgIpc) is 2.79. The topological polar surface area (TPSA) is 36.9 Å². The molecule has 0 amide bonds. The van der Waals surface area contributed by atoms with Gasteiger partial charge in [0.05, 0.1) is 20.8 Å². The molecule has 0 bridgehead atoms. The van der Waals surface area contributed by atoms with Gasteiger partial charge in [-0.15, -0.1) is 0 Å². The van der Waals surface area contributed by atoms with E-state index in [-0.39, 0.29) is 0 Å². The van der Waals surface area contributed by atoms with Crippen LogP contribution in [-0.4, -0.2) is 20.8 Å². The summed E-state index contributed by atoms with van der Waals surface area (Å²) in [5, 5.41) is 0. The van der Waals surface area contributed by atoms with Gasteiger partial charge in [-0.2, -0.15) is 0 Å². The highest BCUT2D eigenvalue weighted by Crippen LogP contribution is 2.45. The molecule has 1 atom stereocenters. The molecule has 0 saturated heterocycles. The van der Waals surface area contributed by atoms with Gasteiger partial charge in [-0.25, -0.2) is 0 Å². The fourth-order valence-electron chi connectivity index (χ4n) is 4.08. The fraction of sp³-hybridized carbons (Fsp3) is 0.259. The number of hydrogen-bond donors (Lipinski definition) is 0. The number of ether oxygens (including phenoxy) is 4. The van der Waals surface area contributed by atoms with Gasteiger partial charge in [-0.05, 0) is 67.4 Å². The number of benzene rings is 3. The lowest BCUT2D eigenvalue weighted by atomic mass is 9.83. The predicted molar refractivity (Wildman–Crippen MR) is 124 cm³/mol. The van der Waals surface area contributed by atoms with Gasteiger partial charge in [-0.1, -0.05) is 30.3 Å². The van der Waals surface area contributed by atoms with Crippen molar-refractivity contribution in [2.75, 3.05) is 20.8 Å². The Labute approximate surface area is 184 Å². The molecular weight excluding hydrogens is 388 g/mol. The Hall–Kier alpha value is -3.40. The van der Waals surface area contributed by atoms with Crippen molar-refractivity contribution in [1.29, 1.82) is 0 Å². The normalized spacial score (nSPS) is 17.2. The van der Waals surface area contributed by atoms with Gasteiger partial charge in [-0.3, -0.25) is 0 Å². The molecule has 31 heavy (non-hydrogen) atoms. The highest BCUT2D eigenvalue weighted by atomic mass is 16.5. The van der Waals surface area contributed by atoms with Crippen LogP contribution in [0.4, 0.5) is 0 Å². The monoisotopic (exact) mass is 416 g/mol. The molecule has 0 radical (unpaired) electrons. The number of fused-ring (bicyclic) bond motifs is 1. The van der Waals surface area contributed by atoms with E-state index in [9.17, 15) is 0 Å². The Morgan fingerprint density at radius 1 is 0.871 bits per heavy atom. The molecule has 160 valence electrons. The minimum Gasteiger partial charge on any atom is -0.494 e. The van der Waals surface area contributed by atoms with Gasteiger partial charge in [0.1, 0.15) is 17.1 Å². The third-order valence-corrected chi connectivity index (χ3v) is 5.58. The van der Waals surface area contributed by atoms with Gasteiger partial charge in [0, 0.05) is 17.5 Å². The van der Waals surface area contributed by atoms with Gasteiger partial charge >= 0.3 is 0 Å². The van der Waals surface area contributed by atoms with Crippen molar-refractivity contribution < 1.29 is 18.9 Å². The summed E-state index contributed by atoms with van der Waals surface area (Å²) in [6.45, 7) is 4.75. The standard InChI is InChI=1S/C27H28O4/c1-5-30-22-13-11-20(12-14-22)24-15-21-16-25(28-3)26(29-4)17-23(21)27(2,31-24)18-19-9-7-6-8-10-19/h6-17H,5,18H2,1-4H3. The van der Waals surface area contributed by atoms with Crippen LogP contribution in [0.5, 0.6) is 17.2 Å². The van der Waals surface area contributed by atoms with Gasteiger partial charge < -0.3 is 18.9 Å². The molecule has 0 aromatic heterocycles. The molecule has 4 heteroatoms. The molecule has 0 fully saturated rings. The minimum atomic E-state index is -0.571. The van der Waals surface area contributed by atoms with E-state index in [1.54, 1.807) is 14.2 Å². The lowest BCUT2D eigenvalue weighted by Gasteiger charge is -2.37. The Balaban J connectivity index is 1.81. The third kappa shape index (κ3) is 4.24. The van der Waals surface area contributed by atoms with E-state index in [2.05, 4.69) is 37.3 Å². The van der Waals surface area contributed by atoms with E-state index < -0.39 is 5.60 Å². The van der Waals surface area contributed by atoms with Crippen molar-refractivity contribution in [3.63, 3.8) is 0 Å². The first-order valence-corrected chi connectivity index (χ1v) is 10.5. The van der Waals surface area contributed by atoms with Crippen LogP contribution in [0, 0.1) is 0 Å². The van der Waals surface area contributed by atoms with Gasteiger partial charge in [0.25, 0.3) is 0 Å². The SMILES string of the molecule is CCOc1ccc(C2=Cc3cc(OC)c(OC)cc3C(C)(Cc3ccccc3)O2)cc1. The number of hydrogen-bond acceptors (Lipinski definition) is 4. The summed E-state index contributed by atoms with van der Waals surface area (Å²) in [5.41, 5.74) is 3.77. The molecule has 1 heterocycles. The predicted octanol–water partition coefficient (Wildman–Crippen LogP) is 6.09. The number of methoxy groups -OCH3 is 2. The van der Waals surface area contributed by atoms with E-state index in [0.717, 1.165) is 34.6 Å². The van der Waals surface area contributed by atoms with Crippen molar-refractivity contribution in [3.8, 4) is 17.2 Å².